The zero-order chi connectivity index (χ0) is 20.6. The largest absolute Gasteiger partial charge is 0.375 e. The molecule has 29 heavy (non-hydrogen) atoms. The van der Waals surface area contributed by atoms with Gasteiger partial charge in [0.2, 0.25) is 5.91 Å². The highest BCUT2D eigenvalue weighted by Gasteiger charge is 2.16. The molecule has 148 valence electrons. The topological polar surface area (TPSA) is 61.4 Å². The van der Waals surface area contributed by atoms with Crippen LogP contribution >= 0.6 is 11.6 Å². The Kier molecular flexibility index (Phi) is 6.87. The fraction of sp³-hybridized carbons (Fsp3) is 0.130. The van der Waals surface area contributed by atoms with Crippen molar-refractivity contribution in [3.05, 3.63) is 89.4 Å². The van der Waals surface area contributed by atoms with Crippen LogP contribution in [0.25, 0.3) is 0 Å². The molecule has 0 unspecified atom stereocenters. The van der Waals surface area contributed by atoms with E-state index in [2.05, 4.69) is 10.6 Å². The van der Waals surface area contributed by atoms with E-state index in [9.17, 15) is 9.59 Å². The number of carbonyl (C=O) groups is 2. The first-order valence-electron chi connectivity index (χ1n) is 9.33. The lowest BCUT2D eigenvalue weighted by molar-refractivity contribution is -0.114. The number of para-hydroxylation sites is 2. The molecule has 6 heteroatoms. The van der Waals surface area contributed by atoms with Crippen LogP contribution in [0.15, 0.2) is 78.9 Å². The maximum Gasteiger partial charge on any atom is 0.258 e. The van der Waals surface area contributed by atoms with Crippen LogP contribution in [0.1, 0.15) is 17.3 Å². The van der Waals surface area contributed by atoms with Gasteiger partial charge >= 0.3 is 0 Å². The third-order valence-electron chi connectivity index (χ3n) is 4.36. The minimum Gasteiger partial charge on any atom is -0.375 e. The lowest BCUT2D eigenvalue weighted by Crippen LogP contribution is -2.30. The standard InChI is InChI=1S/C23H22ClN3O2/c1-2-27(19-8-4-3-5-9-19)23(29)17-12-14-18(15-13-17)26-22(28)16-25-21-11-7-6-10-20(21)24/h3-15,25H,2,16H2,1H3,(H,26,28). The number of nitrogens with zero attached hydrogens (tertiary/aromatic N) is 1. The van der Waals surface area contributed by atoms with Crippen molar-refractivity contribution in [3.63, 3.8) is 0 Å². The second-order valence-corrected chi connectivity index (χ2v) is 6.75. The Morgan fingerprint density at radius 3 is 2.21 bits per heavy atom. The second-order valence-electron chi connectivity index (χ2n) is 6.34. The predicted octanol–water partition coefficient (Wildman–Crippen LogP) is 5.06. The van der Waals surface area contributed by atoms with E-state index in [1.807, 2.05) is 55.5 Å². The number of amides is 2. The molecule has 2 N–H and O–H groups in total. The number of anilines is 3. The van der Waals surface area contributed by atoms with Crippen LogP contribution in [-0.4, -0.2) is 24.9 Å². The summed E-state index contributed by atoms with van der Waals surface area (Å²) in [6.07, 6.45) is 0. The van der Waals surface area contributed by atoms with Gasteiger partial charge in [-0.05, 0) is 55.5 Å². The lowest BCUT2D eigenvalue weighted by Gasteiger charge is -2.21. The highest BCUT2D eigenvalue weighted by atomic mass is 35.5. The van der Waals surface area contributed by atoms with Crippen LogP contribution < -0.4 is 15.5 Å². The van der Waals surface area contributed by atoms with Crippen molar-refractivity contribution in [2.45, 2.75) is 6.92 Å². The molecule has 3 aromatic rings. The zero-order valence-electron chi connectivity index (χ0n) is 16.1. The van der Waals surface area contributed by atoms with E-state index in [0.29, 0.717) is 28.5 Å². The Labute approximate surface area is 175 Å². The molecule has 2 amide bonds. The first-order chi connectivity index (χ1) is 14.1. The third-order valence-corrected chi connectivity index (χ3v) is 4.69. The molecule has 3 aromatic carbocycles. The Balaban J connectivity index is 1.60. The Hall–Kier alpha value is -3.31. The SMILES string of the molecule is CCN(C(=O)c1ccc(NC(=O)CNc2ccccc2Cl)cc1)c1ccccc1. The normalized spacial score (nSPS) is 10.3. The van der Waals surface area contributed by atoms with Crippen LogP contribution in [0.2, 0.25) is 5.02 Å². The number of rotatable bonds is 7. The molecule has 0 bridgehead atoms. The van der Waals surface area contributed by atoms with Crippen molar-refractivity contribution >= 4 is 40.5 Å². The average Bonchev–Trinajstić information content (AvgIpc) is 2.75. The molecule has 0 aromatic heterocycles. The number of hydrogen-bond donors (Lipinski definition) is 2. The summed E-state index contributed by atoms with van der Waals surface area (Å²) < 4.78 is 0. The minimum absolute atomic E-state index is 0.0854. The zero-order valence-corrected chi connectivity index (χ0v) is 16.8. The number of carbonyl (C=O) groups excluding carboxylic acids is 2. The van der Waals surface area contributed by atoms with E-state index in [1.54, 1.807) is 35.2 Å². The van der Waals surface area contributed by atoms with Crippen molar-refractivity contribution < 1.29 is 9.59 Å². The minimum atomic E-state index is -0.205. The first-order valence-corrected chi connectivity index (χ1v) is 9.71. The van der Waals surface area contributed by atoms with Gasteiger partial charge in [0, 0.05) is 23.5 Å². The summed E-state index contributed by atoms with van der Waals surface area (Å²) >= 11 is 6.07. The molecule has 0 aliphatic heterocycles. The van der Waals surface area contributed by atoms with Crippen LogP contribution in [0.3, 0.4) is 0 Å². The van der Waals surface area contributed by atoms with E-state index in [1.165, 1.54) is 0 Å². The van der Waals surface area contributed by atoms with Gasteiger partial charge in [-0.2, -0.15) is 0 Å². The summed E-state index contributed by atoms with van der Waals surface area (Å²) in [6.45, 7) is 2.59. The van der Waals surface area contributed by atoms with Crippen LogP contribution in [-0.2, 0) is 4.79 Å². The number of hydrogen-bond acceptors (Lipinski definition) is 3. The molecule has 0 aliphatic rings. The Morgan fingerprint density at radius 1 is 0.897 bits per heavy atom. The van der Waals surface area contributed by atoms with E-state index >= 15 is 0 Å². The van der Waals surface area contributed by atoms with Crippen molar-refractivity contribution in [1.82, 2.24) is 0 Å². The molecule has 5 nitrogen and oxygen atoms in total. The van der Waals surface area contributed by atoms with E-state index in [0.717, 1.165) is 5.69 Å². The fourth-order valence-electron chi connectivity index (χ4n) is 2.89. The van der Waals surface area contributed by atoms with Gasteiger partial charge < -0.3 is 15.5 Å². The monoisotopic (exact) mass is 407 g/mol. The van der Waals surface area contributed by atoms with Gasteiger partial charge in [0.05, 0.1) is 17.3 Å². The van der Waals surface area contributed by atoms with Crippen molar-refractivity contribution in [3.8, 4) is 0 Å². The van der Waals surface area contributed by atoms with Crippen LogP contribution in [0.4, 0.5) is 17.1 Å². The van der Waals surface area contributed by atoms with E-state index in [4.69, 9.17) is 11.6 Å². The molecule has 0 spiro atoms. The summed E-state index contributed by atoms with van der Waals surface area (Å²) in [7, 11) is 0. The quantitative estimate of drug-likeness (QED) is 0.575. The number of benzene rings is 3. The summed E-state index contributed by atoms with van der Waals surface area (Å²) in [5.41, 5.74) is 2.73. The predicted molar refractivity (Wildman–Crippen MR) is 119 cm³/mol. The molecule has 0 atom stereocenters. The van der Waals surface area contributed by atoms with Crippen molar-refractivity contribution in [1.29, 1.82) is 0 Å². The maximum atomic E-state index is 12.8. The van der Waals surface area contributed by atoms with Crippen molar-refractivity contribution in [2.24, 2.45) is 0 Å². The Morgan fingerprint density at radius 2 is 1.55 bits per heavy atom. The van der Waals surface area contributed by atoms with E-state index < -0.39 is 0 Å². The Bertz CT molecular complexity index is 975. The molecule has 0 radical (unpaired) electrons. The van der Waals surface area contributed by atoms with Gasteiger partial charge in [-0.3, -0.25) is 9.59 Å². The van der Waals surface area contributed by atoms with Gasteiger partial charge in [-0.1, -0.05) is 41.9 Å². The lowest BCUT2D eigenvalue weighted by atomic mass is 10.1. The number of halogens is 1. The third kappa shape index (κ3) is 5.36. The average molecular weight is 408 g/mol. The highest BCUT2D eigenvalue weighted by Crippen LogP contribution is 2.20. The summed E-state index contributed by atoms with van der Waals surface area (Å²) in [5, 5.41) is 6.36. The highest BCUT2D eigenvalue weighted by molar-refractivity contribution is 6.33. The smallest absolute Gasteiger partial charge is 0.258 e. The molecular formula is C23H22ClN3O2. The molecule has 0 fully saturated rings. The second kappa shape index (κ2) is 9.75. The fourth-order valence-corrected chi connectivity index (χ4v) is 3.09. The first kappa shape index (κ1) is 20.4. The molecule has 0 saturated carbocycles. The van der Waals surface area contributed by atoms with Crippen molar-refractivity contribution in [2.75, 3.05) is 28.6 Å². The molecule has 0 aliphatic carbocycles. The van der Waals surface area contributed by atoms with Gasteiger partial charge in [-0.15, -0.1) is 0 Å². The molecular weight excluding hydrogens is 386 g/mol. The summed E-state index contributed by atoms with van der Waals surface area (Å²) in [5.74, 6) is -0.291. The molecule has 0 heterocycles. The summed E-state index contributed by atoms with van der Waals surface area (Å²) in [4.78, 5) is 26.7. The number of nitrogens with one attached hydrogen (secondary N) is 2. The summed E-state index contributed by atoms with van der Waals surface area (Å²) in [6, 6.07) is 23.6. The molecule has 3 rings (SSSR count). The van der Waals surface area contributed by atoms with Crippen LogP contribution in [0.5, 0.6) is 0 Å². The molecule has 0 saturated heterocycles. The van der Waals surface area contributed by atoms with Gasteiger partial charge in [0.1, 0.15) is 0 Å². The van der Waals surface area contributed by atoms with Gasteiger partial charge in [0.25, 0.3) is 5.91 Å². The van der Waals surface area contributed by atoms with E-state index in [-0.39, 0.29) is 18.4 Å². The van der Waals surface area contributed by atoms with Crippen LogP contribution in [0, 0.1) is 0 Å². The van der Waals surface area contributed by atoms with Gasteiger partial charge in [-0.25, -0.2) is 0 Å². The maximum absolute atomic E-state index is 12.8. The van der Waals surface area contributed by atoms with Gasteiger partial charge in [0.15, 0.2) is 0 Å².